The molecule has 0 aliphatic carbocycles. The zero-order valence-corrected chi connectivity index (χ0v) is 19.0. The number of piperidine rings is 1. The van der Waals surface area contributed by atoms with Crippen molar-refractivity contribution in [3.05, 3.63) is 46.7 Å². The molecule has 8 nitrogen and oxygen atoms in total. The molecule has 2 aromatic rings. The standard InChI is InChI=1S/C20H24ClFN4O4S/c1-13-19(18(30-24-13)8-10-25(2)3)31(28,29)26-9-4-5-14(12-26)20(27)23-17-7-6-15(21)11-16(17)22/h6-8,10-11,14H,4-5,9,12H2,1-3H3,(H,23,27)/b10-8+/t14-/m1/s1. The highest BCUT2D eigenvalue weighted by Gasteiger charge is 2.37. The first-order valence-electron chi connectivity index (χ1n) is 9.66. The number of hydrogen-bond donors (Lipinski definition) is 1. The van der Waals surface area contributed by atoms with E-state index in [4.69, 9.17) is 16.1 Å². The summed E-state index contributed by atoms with van der Waals surface area (Å²) in [6, 6.07) is 3.94. The predicted molar refractivity (Wildman–Crippen MR) is 115 cm³/mol. The topological polar surface area (TPSA) is 95.8 Å². The van der Waals surface area contributed by atoms with Gasteiger partial charge in [-0.2, -0.15) is 4.31 Å². The van der Waals surface area contributed by atoms with Crippen LogP contribution in [0, 0.1) is 18.7 Å². The quantitative estimate of drug-likeness (QED) is 0.695. The summed E-state index contributed by atoms with van der Waals surface area (Å²) < 4.78 is 47.1. The van der Waals surface area contributed by atoms with E-state index in [-0.39, 0.29) is 40.1 Å². The van der Waals surface area contributed by atoms with Gasteiger partial charge in [0, 0.05) is 44.5 Å². The van der Waals surface area contributed by atoms with Crippen molar-refractivity contribution < 1.29 is 22.1 Å². The number of aryl methyl sites for hydroxylation is 1. The van der Waals surface area contributed by atoms with E-state index in [1.807, 2.05) is 0 Å². The molecule has 1 saturated heterocycles. The predicted octanol–water partition coefficient (Wildman–Crippen LogP) is 3.35. The van der Waals surface area contributed by atoms with Crippen LogP contribution in [0.1, 0.15) is 24.3 Å². The fourth-order valence-electron chi connectivity index (χ4n) is 3.34. The van der Waals surface area contributed by atoms with E-state index in [1.165, 1.54) is 22.5 Å². The van der Waals surface area contributed by atoms with Gasteiger partial charge < -0.3 is 14.7 Å². The van der Waals surface area contributed by atoms with Crippen molar-refractivity contribution in [1.82, 2.24) is 14.4 Å². The Kier molecular flexibility index (Phi) is 7.03. The van der Waals surface area contributed by atoms with E-state index in [0.29, 0.717) is 12.8 Å². The molecule has 1 aromatic heterocycles. The zero-order valence-electron chi connectivity index (χ0n) is 17.4. The summed E-state index contributed by atoms with van der Waals surface area (Å²) >= 11 is 5.74. The van der Waals surface area contributed by atoms with Crippen LogP contribution in [-0.4, -0.2) is 55.9 Å². The maximum absolute atomic E-state index is 14.0. The van der Waals surface area contributed by atoms with Gasteiger partial charge in [0.2, 0.25) is 15.9 Å². The number of rotatable bonds is 6. The monoisotopic (exact) mass is 470 g/mol. The summed E-state index contributed by atoms with van der Waals surface area (Å²) in [6.45, 7) is 1.80. The number of hydrogen-bond acceptors (Lipinski definition) is 6. The molecule has 3 rings (SSSR count). The van der Waals surface area contributed by atoms with Crippen molar-refractivity contribution >= 4 is 39.3 Å². The normalized spacial score (nSPS) is 17.8. The second-order valence-electron chi connectivity index (χ2n) is 7.56. The third kappa shape index (κ3) is 5.25. The lowest BCUT2D eigenvalue weighted by atomic mass is 9.98. The molecule has 1 aliphatic heterocycles. The molecule has 11 heteroatoms. The van der Waals surface area contributed by atoms with Gasteiger partial charge in [-0.05, 0) is 38.0 Å². The Balaban J connectivity index is 1.80. The Bertz CT molecular complexity index is 1100. The molecule has 1 N–H and O–H groups in total. The van der Waals surface area contributed by atoms with Gasteiger partial charge in [0.05, 0.1) is 11.6 Å². The molecule has 1 fully saturated rings. The number of nitrogens with one attached hydrogen (secondary N) is 1. The number of nitrogens with zero attached hydrogens (tertiary/aromatic N) is 3. The van der Waals surface area contributed by atoms with Crippen LogP contribution in [0.2, 0.25) is 5.02 Å². The molecule has 0 bridgehead atoms. The summed E-state index contributed by atoms with van der Waals surface area (Å²) in [6.07, 6.45) is 4.17. The van der Waals surface area contributed by atoms with Gasteiger partial charge >= 0.3 is 0 Å². The van der Waals surface area contributed by atoms with Crippen LogP contribution >= 0.6 is 11.6 Å². The third-order valence-electron chi connectivity index (χ3n) is 4.90. The highest BCUT2D eigenvalue weighted by atomic mass is 35.5. The maximum Gasteiger partial charge on any atom is 0.248 e. The minimum absolute atomic E-state index is 0.000341. The van der Waals surface area contributed by atoms with Gasteiger partial charge in [-0.15, -0.1) is 0 Å². The second kappa shape index (κ2) is 9.37. The largest absolute Gasteiger partial charge is 0.383 e. The minimum atomic E-state index is -3.95. The smallest absolute Gasteiger partial charge is 0.248 e. The molecule has 0 unspecified atom stereocenters. The highest BCUT2D eigenvalue weighted by Crippen LogP contribution is 2.29. The Morgan fingerprint density at radius 2 is 2.16 bits per heavy atom. The van der Waals surface area contributed by atoms with Crippen LogP contribution < -0.4 is 5.32 Å². The molecule has 1 aromatic carbocycles. The number of amides is 1. The second-order valence-corrected chi connectivity index (χ2v) is 9.87. The molecule has 1 aliphatic rings. The van der Waals surface area contributed by atoms with Crippen LogP contribution in [0.4, 0.5) is 10.1 Å². The SMILES string of the molecule is Cc1noc(/C=C/N(C)C)c1S(=O)(=O)N1CCC[C@@H](C(=O)Nc2ccc(Cl)cc2F)C1. The molecular formula is C20H24ClFN4O4S. The Morgan fingerprint density at radius 1 is 1.42 bits per heavy atom. The summed E-state index contributed by atoms with van der Waals surface area (Å²) in [5.74, 6) is -1.60. The van der Waals surface area contributed by atoms with E-state index >= 15 is 0 Å². The van der Waals surface area contributed by atoms with Crippen molar-refractivity contribution in [1.29, 1.82) is 0 Å². The first kappa shape index (κ1) is 23.2. The number of sulfonamides is 1. The molecule has 168 valence electrons. The summed E-state index contributed by atoms with van der Waals surface area (Å²) in [7, 11) is -0.351. The molecule has 0 saturated carbocycles. The maximum atomic E-state index is 14.0. The van der Waals surface area contributed by atoms with Crippen molar-refractivity contribution in [3.63, 3.8) is 0 Å². The van der Waals surface area contributed by atoms with Crippen LogP contribution in [0.25, 0.3) is 6.08 Å². The number of aromatic nitrogens is 1. The molecule has 1 amide bonds. The fraction of sp³-hybridized carbons (Fsp3) is 0.400. The van der Waals surface area contributed by atoms with Gasteiger partial charge in [0.25, 0.3) is 0 Å². The minimum Gasteiger partial charge on any atom is -0.383 e. The number of anilines is 1. The first-order chi connectivity index (χ1) is 14.6. The van der Waals surface area contributed by atoms with Crippen molar-refractivity contribution in [2.75, 3.05) is 32.5 Å². The Labute approximate surface area is 185 Å². The molecule has 0 spiro atoms. The molecular weight excluding hydrogens is 447 g/mol. The van der Waals surface area contributed by atoms with Gasteiger partial charge in [0.1, 0.15) is 11.5 Å². The van der Waals surface area contributed by atoms with Crippen molar-refractivity contribution in [2.45, 2.75) is 24.7 Å². The molecule has 0 radical (unpaired) electrons. The third-order valence-corrected chi connectivity index (χ3v) is 7.16. The number of halogens is 2. The number of benzene rings is 1. The average molecular weight is 471 g/mol. The van der Waals surface area contributed by atoms with Crippen LogP contribution in [0.5, 0.6) is 0 Å². The molecule has 31 heavy (non-hydrogen) atoms. The van der Waals surface area contributed by atoms with Crippen molar-refractivity contribution in [3.8, 4) is 0 Å². The summed E-state index contributed by atoms with van der Waals surface area (Å²) in [5, 5.41) is 6.54. The molecule has 2 heterocycles. The van der Waals surface area contributed by atoms with Gasteiger partial charge in [-0.3, -0.25) is 4.79 Å². The van der Waals surface area contributed by atoms with E-state index in [1.54, 1.807) is 32.1 Å². The van der Waals surface area contributed by atoms with Crippen LogP contribution in [0.3, 0.4) is 0 Å². The molecule has 1 atom stereocenters. The van der Waals surface area contributed by atoms with E-state index in [2.05, 4.69) is 10.5 Å². The van der Waals surface area contributed by atoms with Crippen LogP contribution in [-0.2, 0) is 14.8 Å². The zero-order chi connectivity index (χ0) is 22.8. The number of carbonyl (C=O) groups is 1. The average Bonchev–Trinajstić information content (AvgIpc) is 3.09. The van der Waals surface area contributed by atoms with Gasteiger partial charge in [0.15, 0.2) is 10.7 Å². The van der Waals surface area contributed by atoms with Crippen molar-refractivity contribution in [2.24, 2.45) is 5.92 Å². The summed E-state index contributed by atoms with van der Waals surface area (Å²) in [4.78, 5) is 14.4. The Morgan fingerprint density at radius 3 is 2.84 bits per heavy atom. The highest BCUT2D eigenvalue weighted by molar-refractivity contribution is 7.89. The Hall–Kier alpha value is -2.43. The lowest BCUT2D eigenvalue weighted by Crippen LogP contribution is -2.44. The van der Waals surface area contributed by atoms with Crippen LogP contribution in [0.15, 0.2) is 33.8 Å². The lowest BCUT2D eigenvalue weighted by Gasteiger charge is -2.31. The summed E-state index contributed by atoms with van der Waals surface area (Å²) in [5.41, 5.74) is 0.244. The lowest BCUT2D eigenvalue weighted by molar-refractivity contribution is -0.120. The fourth-order valence-corrected chi connectivity index (χ4v) is 5.28. The van der Waals surface area contributed by atoms with E-state index < -0.39 is 27.7 Å². The van der Waals surface area contributed by atoms with E-state index in [9.17, 15) is 17.6 Å². The van der Waals surface area contributed by atoms with Gasteiger partial charge in [-0.1, -0.05) is 16.8 Å². The van der Waals surface area contributed by atoms with E-state index in [0.717, 1.165) is 6.07 Å². The van der Waals surface area contributed by atoms with Gasteiger partial charge in [-0.25, -0.2) is 12.8 Å². The number of carbonyl (C=O) groups excluding carboxylic acids is 1. The first-order valence-corrected chi connectivity index (χ1v) is 11.5.